The number of amides is 1. The lowest BCUT2D eigenvalue weighted by Gasteiger charge is -2.26. The van der Waals surface area contributed by atoms with E-state index in [1.807, 2.05) is 21.1 Å². The number of aliphatic hydroxyl groups is 1. The molecule has 0 saturated carbocycles. The third kappa shape index (κ3) is 57.2. The van der Waals surface area contributed by atoms with Crippen LogP contribution in [0, 0.1) is 0 Å². The molecule has 1 amide bonds. The molecule has 9 heteroatoms. The first-order valence-corrected chi connectivity index (χ1v) is 33.9. The summed E-state index contributed by atoms with van der Waals surface area (Å²) in [6, 6.07) is -0.756. The minimum Gasteiger partial charge on any atom is -0.391 e. The third-order valence-corrected chi connectivity index (χ3v) is 16.3. The number of hydrogen-bond donors (Lipinski definition) is 3. The van der Waals surface area contributed by atoms with Gasteiger partial charge in [0.15, 0.2) is 0 Å². The first-order chi connectivity index (χ1) is 35.0. The van der Waals surface area contributed by atoms with Crippen LogP contribution in [0.4, 0.5) is 0 Å². The van der Waals surface area contributed by atoms with Gasteiger partial charge in [-0.05, 0) is 12.8 Å². The highest BCUT2D eigenvalue weighted by Crippen LogP contribution is 2.43. The van der Waals surface area contributed by atoms with Crippen LogP contribution < -0.4 is 5.32 Å². The van der Waals surface area contributed by atoms with Crippen molar-refractivity contribution in [2.24, 2.45) is 0 Å². The second kappa shape index (κ2) is 55.3. The lowest BCUT2D eigenvalue weighted by atomic mass is 10.0. The fourth-order valence-electron chi connectivity index (χ4n) is 10.3. The number of aliphatic hydroxyl groups excluding tert-OH is 1. The van der Waals surface area contributed by atoms with Gasteiger partial charge >= 0.3 is 7.82 Å². The van der Waals surface area contributed by atoms with Crippen LogP contribution in [0.2, 0.25) is 0 Å². The third-order valence-electron chi connectivity index (χ3n) is 15.4. The van der Waals surface area contributed by atoms with E-state index in [0.717, 1.165) is 38.5 Å². The van der Waals surface area contributed by atoms with E-state index in [1.54, 1.807) is 0 Å². The minimum atomic E-state index is -4.32. The van der Waals surface area contributed by atoms with Gasteiger partial charge in [0.1, 0.15) is 13.2 Å². The molecular weight excluding hydrogens is 912 g/mol. The number of carbonyl (C=O) groups is 1. The minimum absolute atomic E-state index is 0.0794. The highest BCUT2D eigenvalue weighted by atomic mass is 31.2. The summed E-state index contributed by atoms with van der Waals surface area (Å²) >= 11 is 0. The number of phosphoric acid groups is 1. The molecule has 0 bridgehead atoms. The summed E-state index contributed by atoms with van der Waals surface area (Å²) in [4.78, 5) is 23.4. The van der Waals surface area contributed by atoms with Gasteiger partial charge in [-0.1, -0.05) is 328 Å². The van der Waals surface area contributed by atoms with Gasteiger partial charge in [0.05, 0.1) is 39.9 Å². The monoisotopic (exact) mass is 1040 g/mol. The Balaban J connectivity index is 4.05. The molecule has 0 fully saturated rings. The van der Waals surface area contributed by atoms with E-state index in [-0.39, 0.29) is 19.1 Å². The van der Waals surface area contributed by atoms with E-state index in [1.165, 1.54) is 283 Å². The van der Waals surface area contributed by atoms with E-state index in [4.69, 9.17) is 9.05 Å². The Bertz CT molecular complexity index is 1140. The largest absolute Gasteiger partial charge is 0.472 e. The fraction of sp³-hybridized carbons (Fsp3) is 0.984. The second-order valence-corrected chi connectivity index (χ2v) is 25.3. The molecule has 0 spiro atoms. The van der Waals surface area contributed by atoms with Crippen LogP contribution in [-0.4, -0.2) is 73.4 Å². The molecule has 72 heavy (non-hydrogen) atoms. The zero-order valence-corrected chi connectivity index (χ0v) is 50.4. The molecule has 0 radical (unpaired) electrons. The molecule has 0 aromatic rings. The number of likely N-dealkylation sites (N-methyl/N-ethyl adjacent to an activating group) is 1. The lowest BCUT2D eigenvalue weighted by Crippen LogP contribution is -2.46. The Morgan fingerprint density at radius 2 is 0.667 bits per heavy atom. The average molecular weight is 1040 g/mol. The van der Waals surface area contributed by atoms with Gasteiger partial charge in [-0.25, -0.2) is 4.57 Å². The normalized spacial score (nSPS) is 13.7. The summed E-state index contributed by atoms with van der Waals surface area (Å²) in [5.74, 6) is -0.134. The molecule has 0 aromatic carbocycles. The molecule has 0 aromatic heterocycles. The zero-order chi connectivity index (χ0) is 52.7. The Morgan fingerprint density at radius 3 is 0.931 bits per heavy atom. The Hall–Kier alpha value is -0.500. The lowest BCUT2D eigenvalue weighted by molar-refractivity contribution is -0.870. The van der Waals surface area contributed by atoms with Crippen molar-refractivity contribution in [2.45, 2.75) is 360 Å². The molecule has 432 valence electrons. The second-order valence-electron chi connectivity index (χ2n) is 23.9. The van der Waals surface area contributed by atoms with E-state index in [9.17, 15) is 19.4 Å². The molecule has 3 N–H and O–H groups in total. The summed E-state index contributed by atoms with van der Waals surface area (Å²) in [6.07, 6.45) is 67.5. The first-order valence-electron chi connectivity index (χ1n) is 32.4. The number of unbranched alkanes of at least 4 members (excludes halogenated alkanes) is 48. The molecule has 0 aliphatic heterocycles. The molecule has 0 saturated heterocycles. The molecular formula is C63H130N2O6P+. The summed E-state index contributed by atoms with van der Waals surface area (Å²) in [6.45, 7) is 4.96. The van der Waals surface area contributed by atoms with Crippen molar-refractivity contribution in [3.8, 4) is 0 Å². The summed E-state index contributed by atoms with van der Waals surface area (Å²) < 4.78 is 23.9. The molecule has 0 aliphatic rings. The highest BCUT2D eigenvalue weighted by Gasteiger charge is 2.28. The number of nitrogens with zero attached hydrogens (tertiary/aromatic N) is 1. The predicted molar refractivity (Wildman–Crippen MR) is 314 cm³/mol. The number of carbonyl (C=O) groups excluding carboxylic acids is 1. The van der Waals surface area contributed by atoms with E-state index < -0.39 is 20.0 Å². The summed E-state index contributed by atoms with van der Waals surface area (Å²) in [5.41, 5.74) is 0. The number of hydrogen-bond acceptors (Lipinski definition) is 5. The SMILES string of the molecule is CCCCCCCCCCCCCCCCCCCCCCCCCCCCC(O)C(COP(=O)(O)OCC[N+](C)(C)C)NC(=O)CCCCCCCCCCCCCCCCCCCCCCCCCC. The van der Waals surface area contributed by atoms with Crippen LogP contribution in [0.15, 0.2) is 0 Å². The van der Waals surface area contributed by atoms with Gasteiger partial charge < -0.3 is 19.8 Å². The highest BCUT2D eigenvalue weighted by molar-refractivity contribution is 7.47. The Morgan fingerprint density at radius 1 is 0.417 bits per heavy atom. The van der Waals surface area contributed by atoms with Gasteiger partial charge in [-0.15, -0.1) is 0 Å². The number of quaternary nitrogens is 1. The van der Waals surface area contributed by atoms with Gasteiger partial charge in [0, 0.05) is 6.42 Å². The number of rotatable bonds is 61. The molecule has 0 rings (SSSR count). The molecule has 3 atom stereocenters. The van der Waals surface area contributed by atoms with Crippen LogP contribution in [0.1, 0.15) is 348 Å². The smallest absolute Gasteiger partial charge is 0.391 e. The topological polar surface area (TPSA) is 105 Å². The number of nitrogens with one attached hydrogen (secondary N) is 1. The quantitative estimate of drug-likeness (QED) is 0.0318. The molecule has 3 unspecified atom stereocenters. The molecule has 8 nitrogen and oxygen atoms in total. The van der Waals surface area contributed by atoms with Crippen LogP contribution in [0.5, 0.6) is 0 Å². The zero-order valence-electron chi connectivity index (χ0n) is 49.5. The van der Waals surface area contributed by atoms with Crippen molar-refractivity contribution < 1.29 is 32.9 Å². The Labute approximate surface area is 450 Å². The maximum absolute atomic E-state index is 13.0. The van der Waals surface area contributed by atoms with Crippen molar-refractivity contribution in [3.63, 3.8) is 0 Å². The van der Waals surface area contributed by atoms with Crippen molar-refractivity contribution in [1.29, 1.82) is 0 Å². The van der Waals surface area contributed by atoms with Crippen molar-refractivity contribution in [3.05, 3.63) is 0 Å². The average Bonchev–Trinajstić information content (AvgIpc) is 3.34. The van der Waals surface area contributed by atoms with E-state index in [2.05, 4.69) is 19.2 Å². The van der Waals surface area contributed by atoms with E-state index in [0.29, 0.717) is 23.9 Å². The van der Waals surface area contributed by atoms with Crippen LogP contribution >= 0.6 is 7.82 Å². The van der Waals surface area contributed by atoms with Gasteiger partial charge in [-0.3, -0.25) is 13.8 Å². The van der Waals surface area contributed by atoms with Gasteiger partial charge in [0.25, 0.3) is 0 Å². The van der Waals surface area contributed by atoms with Gasteiger partial charge in [0.2, 0.25) is 5.91 Å². The van der Waals surface area contributed by atoms with Crippen LogP contribution in [0.25, 0.3) is 0 Å². The summed E-state index contributed by atoms with van der Waals surface area (Å²) in [5, 5.41) is 14.1. The van der Waals surface area contributed by atoms with Crippen molar-refractivity contribution in [1.82, 2.24) is 5.32 Å². The van der Waals surface area contributed by atoms with Gasteiger partial charge in [-0.2, -0.15) is 0 Å². The maximum atomic E-state index is 13.0. The van der Waals surface area contributed by atoms with Crippen LogP contribution in [-0.2, 0) is 18.4 Å². The van der Waals surface area contributed by atoms with E-state index >= 15 is 0 Å². The van der Waals surface area contributed by atoms with Crippen LogP contribution in [0.3, 0.4) is 0 Å². The van der Waals surface area contributed by atoms with Crippen molar-refractivity contribution >= 4 is 13.7 Å². The molecule has 0 aliphatic carbocycles. The predicted octanol–water partition coefficient (Wildman–Crippen LogP) is 20.0. The summed E-state index contributed by atoms with van der Waals surface area (Å²) in [7, 11) is 1.64. The fourth-order valence-corrected chi connectivity index (χ4v) is 11.0. The standard InChI is InChI=1S/C63H129N2O6P/c1-6-8-10-12-14-16-18-20-22-24-26-28-30-32-33-34-36-38-40-42-44-46-48-50-52-54-56-62(66)61(60-71-72(68,69)70-59-58-65(3,4)5)64-63(67)57-55-53-51-49-47-45-43-41-39-37-35-31-29-27-25-23-21-19-17-15-13-11-9-7-2/h61-62,66H,6-60H2,1-5H3,(H-,64,67,68,69)/p+1. The maximum Gasteiger partial charge on any atom is 0.472 e. The molecule has 0 heterocycles. The Kier molecular flexibility index (Phi) is 54.9. The first kappa shape index (κ1) is 71.5. The van der Waals surface area contributed by atoms with Crippen molar-refractivity contribution in [2.75, 3.05) is 40.9 Å². The number of phosphoric ester groups is 1.